The third-order valence-electron chi connectivity index (χ3n) is 4.57. The fraction of sp³-hybridized carbons (Fsp3) is 0.278. The van der Waals surface area contributed by atoms with E-state index in [1.54, 1.807) is 18.5 Å². The van der Waals surface area contributed by atoms with Crippen LogP contribution in [0.2, 0.25) is 0 Å². The molecule has 6 heteroatoms. The molecule has 0 bridgehead atoms. The Bertz CT molecular complexity index is 887. The molecule has 0 saturated carbocycles. The van der Waals surface area contributed by atoms with Gasteiger partial charge in [-0.3, -0.25) is 15.6 Å². The van der Waals surface area contributed by atoms with Gasteiger partial charge in [-0.2, -0.15) is 0 Å². The number of rotatable bonds is 3. The lowest BCUT2D eigenvalue weighted by Crippen LogP contribution is -2.30. The molecule has 1 aromatic carbocycles. The number of hydrazine groups is 1. The quantitative estimate of drug-likeness (QED) is 0.648. The van der Waals surface area contributed by atoms with Crippen LogP contribution in [-0.4, -0.2) is 20.9 Å². The van der Waals surface area contributed by atoms with Crippen molar-refractivity contribution in [3.8, 4) is 0 Å². The molecular formula is C18H19N5O. The van der Waals surface area contributed by atoms with Gasteiger partial charge in [-0.1, -0.05) is 19.1 Å². The maximum Gasteiger partial charge on any atom is 0.271 e. The number of nitrogens with one attached hydrogen (secondary N) is 3. The number of para-hydroxylation sites is 1. The number of benzene rings is 1. The van der Waals surface area contributed by atoms with Crippen LogP contribution in [0.3, 0.4) is 0 Å². The van der Waals surface area contributed by atoms with Crippen molar-refractivity contribution in [1.82, 2.24) is 20.4 Å². The van der Waals surface area contributed by atoms with Gasteiger partial charge in [0.05, 0.1) is 11.1 Å². The highest BCUT2D eigenvalue weighted by Gasteiger charge is 2.22. The van der Waals surface area contributed by atoms with Crippen molar-refractivity contribution in [3.63, 3.8) is 0 Å². The second-order valence-electron chi connectivity index (χ2n) is 6.31. The number of hydrogen-bond acceptors (Lipinski definition) is 4. The maximum absolute atomic E-state index is 12.6. The van der Waals surface area contributed by atoms with E-state index in [1.807, 2.05) is 12.1 Å². The molecule has 0 saturated heterocycles. The molecule has 2 aromatic heterocycles. The molecule has 4 rings (SSSR count). The first-order valence-electron chi connectivity index (χ1n) is 8.18. The van der Waals surface area contributed by atoms with Crippen molar-refractivity contribution >= 4 is 22.8 Å². The highest BCUT2D eigenvalue weighted by atomic mass is 16.2. The number of aromatic nitrogens is 3. The molecule has 1 atom stereocenters. The van der Waals surface area contributed by atoms with Crippen molar-refractivity contribution in [2.75, 3.05) is 5.43 Å². The van der Waals surface area contributed by atoms with E-state index in [9.17, 15) is 4.79 Å². The molecule has 24 heavy (non-hydrogen) atoms. The maximum atomic E-state index is 12.6. The number of aromatic amines is 1. The Morgan fingerprint density at radius 1 is 1.25 bits per heavy atom. The van der Waals surface area contributed by atoms with Crippen LogP contribution in [0.15, 0.2) is 36.7 Å². The molecule has 6 nitrogen and oxygen atoms in total. The summed E-state index contributed by atoms with van der Waals surface area (Å²) in [5, 5.41) is 1.15. The molecule has 1 amide bonds. The van der Waals surface area contributed by atoms with Crippen LogP contribution >= 0.6 is 0 Å². The zero-order chi connectivity index (χ0) is 16.5. The van der Waals surface area contributed by atoms with Crippen LogP contribution in [0.5, 0.6) is 0 Å². The molecule has 1 aliphatic carbocycles. The van der Waals surface area contributed by atoms with Gasteiger partial charge in [0.1, 0.15) is 0 Å². The Balaban J connectivity index is 1.63. The van der Waals surface area contributed by atoms with E-state index < -0.39 is 0 Å². The summed E-state index contributed by atoms with van der Waals surface area (Å²) in [7, 11) is 0. The number of anilines is 1. The number of amides is 1. The van der Waals surface area contributed by atoms with E-state index in [0.717, 1.165) is 23.7 Å². The summed E-state index contributed by atoms with van der Waals surface area (Å²) in [6.07, 6.45) is 6.53. The summed E-state index contributed by atoms with van der Waals surface area (Å²) in [6, 6.07) is 7.58. The van der Waals surface area contributed by atoms with E-state index in [-0.39, 0.29) is 5.91 Å². The molecule has 0 radical (unpaired) electrons. The third kappa shape index (κ3) is 2.60. The minimum absolute atomic E-state index is 0.209. The average molecular weight is 321 g/mol. The molecule has 0 spiro atoms. The van der Waals surface area contributed by atoms with Crippen LogP contribution in [0, 0.1) is 5.92 Å². The van der Waals surface area contributed by atoms with Crippen molar-refractivity contribution in [1.29, 1.82) is 0 Å². The number of hydrogen-bond donors (Lipinski definition) is 3. The average Bonchev–Trinajstić information content (AvgIpc) is 2.98. The zero-order valence-electron chi connectivity index (χ0n) is 13.5. The van der Waals surface area contributed by atoms with Crippen LogP contribution < -0.4 is 10.9 Å². The first kappa shape index (κ1) is 14.7. The molecule has 0 fully saturated rings. The Morgan fingerprint density at radius 3 is 2.92 bits per heavy atom. The molecule has 3 N–H and O–H groups in total. The van der Waals surface area contributed by atoms with E-state index in [2.05, 4.69) is 38.8 Å². The number of carbonyl (C=O) groups excluding carboxylic acids is 1. The van der Waals surface area contributed by atoms with Crippen LogP contribution in [0.1, 0.15) is 35.0 Å². The SMILES string of the molecule is CC1CCc2[nH]c3c(C(=O)NNc4ncccn4)cccc3c2C1. The number of fused-ring (bicyclic) bond motifs is 3. The lowest BCUT2D eigenvalue weighted by atomic mass is 9.87. The van der Waals surface area contributed by atoms with Crippen LogP contribution in [0.4, 0.5) is 5.95 Å². The highest BCUT2D eigenvalue weighted by molar-refractivity contribution is 6.07. The minimum atomic E-state index is -0.209. The monoisotopic (exact) mass is 321 g/mol. The predicted molar refractivity (Wildman–Crippen MR) is 92.6 cm³/mol. The van der Waals surface area contributed by atoms with Gasteiger partial charge >= 0.3 is 0 Å². The molecule has 0 aliphatic heterocycles. The molecule has 1 aliphatic rings. The van der Waals surface area contributed by atoms with Crippen LogP contribution in [0.25, 0.3) is 10.9 Å². The number of H-pyrrole nitrogens is 1. The topological polar surface area (TPSA) is 82.7 Å². The van der Waals surface area contributed by atoms with Gasteiger partial charge < -0.3 is 4.98 Å². The first-order chi connectivity index (χ1) is 11.7. The van der Waals surface area contributed by atoms with Crippen LogP contribution in [-0.2, 0) is 12.8 Å². The first-order valence-corrected chi connectivity index (χ1v) is 8.18. The largest absolute Gasteiger partial charge is 0.358 e. The molecular weight excluding hydrogens is 302 g/mol. The number of aryl methyl sites for hydroxylation is 1. The normalized spacial score (nSPS) is 16.6. The van der Waals surface area contributed by atoms with Gasteiger partial charge in [0.15, 0.2) is 0 Å². The minimum Gasteiger partial charge on any atom is -0.358 e. The second kappa shape index (κ2) is 5.96. The smallest absolute Gasteiger partial charge is 0.271 e. The van der Waals surface area contributed by atoms with E-state index >= 15 is 0 Å². The van der Waals surface area contributed by atoms with Gasteiger partial charge in [-0.25, -0.2) is 9.97 Å². The summed E-state index contributed by atoms with van der Waals surface area (Å²) in [5.74, 6) is 0.836. The van der Waals surface area contributed by atoms with Crippen molar-refractivity contribution in [3.05, 3.63) is 53.5 Å². The molecule has 3 aromatic rings. The fourth-order valence-electron chi connectivity index (χ4n) is 3.35. The second-order valence-corrected chi connectivity index (χ2v) is 6.31. The van der Waals surface area contributed by atoms with E-state index in [4.69, 9.17) is 0 Å². The molecule has 122 valence electrons. The predicted octanol–water partition coefficient (Wildman–Crippen LogP) is 2.84. The van der Waals surface area contributed by atoms with E-state index in [0.29, 0.717) is 17.4 Å². The summed E-state index contributed by atoms with van der Waals surface area (Å²) >= 11 is 0. The van der Waals surface area contributed by atoms with Crippen molar-refractivity contribution < 1.29 is 4.79 Å². The fourth-order valence-corrected chi connectivity index (χ4v) is 3.35. The Hall–Kier alpha value is -2.89. The summed E-state index contributed by atoms with van der Waals surface area (Å²) in [6.45, 7) is 2.28. The summed E-state index contributed by atoms with van der Waals surface area (Å²) in [5.41, 5.74) is 9.56. The molecule has 1 unspecified atom stereocenters. The summed E-state index contributed by atoms with van der Waals surface area (Å²) < 4.78 is 0. The van der Waals surface area contributed by atoms with Crippen molar-refractivity contribution in [2.45, 2.75) is 26.2 Å². The zero-order valence-corrected chi connectivity index (χ0v) is 13.5. The standard InChI is InChI=1S/C18H19N5O/c1-11-6-7-15-14(10-11)12-4-2-5-13(16(12)21-15)17(24)22-23-18-19-8-3-9-20-18/h2-5,8-9,11,21H,6-7,10H2,1H3,(H,22,24)(H,19,20,23). The highest BCUT2D eigenvalue weighted by Crippen LogP contribution is 2.32. The number of nitrogens with zero attached hydrogens (tertiary/aromatic N) is 2. The number of carbonyl (C=O) groups is 1. The Morgan fingerprint density at radius 2 is 2.08 bits per heavy atom. The Kier molecular flexibility index (Phi) is 3.65. The van der Waals surface area contributed by atoms with Gasteiger partial charge in [-0.15, -0.1) is 0 Å². The van der Waals surface area contributed by atoms with Crippen molar-refractivity contribution in [2.24, 2.45) is 5.92 Å². The Labute approximate surface area is 139 Å². The van der Waals surface area contributed by atoms with Gasteiger partial charge in [-0.05, 0) is 42.9 Å². The third-order valence-corrected chi connectivity index (χ3v) is 4.57. The van der Waals surface area contributed by atoms with Gasteiger partial charge in [0, 0.05) is 23.5 Å². The van der Waals surface area contributed by atoms with Gasteiger partial charge in [0.2, 0.25) is 5.95 Å². The lowest BCUT2D eigenvalue weighted by molar-refractivity contribution is 0.0963. The van der Waals surface area contributed by atoms with E-state index in [1.165, 1.54) is 17.7 Å². The lowest BCUT2D eigenvalue weighted by Gasteiger charge is -2.17. The summed E-state index contributed by atoms with van der Waals surface area (Å²) in [4.78, 5) is 24.1. The molecule has 2 heterocycles. The van der Waals surface area contributed by atoms with Gasteiger partial charge in [0.25, 0.3) is 5.91 Å².